The zero-order chi connectivity index (χ0) is 7.68. The van der Waals surface area contributed by atoms with Crippen molar-refractivity contribution in [3.05, 3.63) is 0 Å². The summed E-state index contributed by atoms with van der Waals surface area (Å²) in [6.45, 7) is 7.64. The number of hydrogen-bond donors (Lipinski definition) is 1. The molecule has 64 valence electrons. The first-order valence-corrected chi connectivity index (χ1v) is 4.42. The highest BCUT2D eigenvalue weighted by Gasteiger charge is 2.30. The lowest BCUT2D eigenvalue weighted by Gasteiger charge is -2.43. The summed E-state index contributed by atoms with van der Waals surface area (Å²) < 4.78 is 5.17. The molecule has 2 saturated heterocycles. The summed E-state index contributed by atoms with van der Waals surface area (Å²) in [6.07, 6.45) is 0. The van der Waals surface area contributed by atoms with Crippen LogP contribution in [0.1, 0.15) is 6.92 Å². The Morgan fingerprint density at radius 2 is 2.27 bits per heavy atom. The second kappa shape index (κ2) is 3.09. The predicted octanol–water partition coefficient (Wildman–Crippen LogP) is -0.321. The van der Waals surface area contributed by atoms with Crippen molar-refractivity contribution >= 4 is 0 Å². The number of ether oxygens (including phenoxy) is 1. The Morgan fingerprint density at radius 3 is 2.82 bits per heavy atom. The topological polar surface area (TPSA) is 24.5 Å². The summed E-state index contributed by atoms with van der Waals surface area (Å²) in [5.41, 5.74) is 0. The molecular weight excluding hydrogens is 140 g/mol. The fourth-order valence-corrected chi connectivity index (χ4v) is 1.81. The molecule has 0 saturated carbocycles. The van der Waals surface area contributed by atoms with Crippen LogP contribution in [0.3, 0.4) is 0 Å². The average Bonchev–Trinajstić information content (AvgIpc) is 1.90. The van der Waals surface area contributed by atoms with Gasteiger partial charge in [0.2, 0.25) is 0 Å². The van der Waals surface area contributed by atoms with Gasteiger partial charge < -0.3 is 10.1 Å². The van der Waals surface area contributed by atoms with Crippen molar-refractivity contribution in [2.45, 2.75) is 19.0 Å². The molecule has 1 N–H and O–H groups in total. The van der Waals surface area contributed by atoms with E-state index in [-0.39, 0.29) is 0 Å². The van der Waals surface area contributed by atoms with Crippen LogP contribution >= 0.6 is 0 Å². The quantitative estimate of drug-likeness (QED) is 0.563. The van der Waals surface area contributed by atoms with Crippen molar-refractivity contribution < 1.29 is 4.74 Å². The lowest BCUT2D eigenvalue weighted by molar-refractivity contribution is -0.0815. The molecule has 2 heterocycles. The predicted molar refractivity (Wildman–Crippen MR) is 43.6 cm³/mol. The van der Waals surface area contributed by atoms with Crippen LogP contribution in [0.2, 0.25) is 0 Å². The second-order valence-electron chi connectivity index (χ2n) is 3.48. The minimum absolute atomic E-state index is 0.692. The highest BCUT2D eigenvalue weighted by Crippen LogP contribution is 2.14. The van der Waals surface area contributed by atoms with Crippen LogP contribution in [0.15, 0.2) is 0 Å². The summed E-state index contributed by atoms with van der Waals surface area (Å²) >= 11 is 0. The van der Waals surface area contributed by atoms with Crippen LogP contribution < -0.4 is 5.32 Å². The van der Waals surface area contributed by atoms with Gasteiger partial charge in [-0.3, -0.25) is 4.90 Å². The molecule has 3 nitrogen and oxygen atoms in total. The number of nitrogens with zero attached hydrogens (tertiary/aromatic N) is 1. The Kier molecular flexibility index (Phi) is 2.11. The van der Waals surface area contributed by atoms with Gasteiger partial charge in [0.05, 0.1) is 19.3 Å². The van der Waals surface area contributed by atoms with Gasteiger partial charge in [-0.05, 0) is 6.92 Å². The molecule has 0 unspecified atom stereocenters. The van der Waals surface area contributed by atoms with Gasteiger partial charge in [0.15, 0.2) is 0 Å². The van der Waals surface area contributed by atoms with Gasteiger partial charge in [-0.15, -0.1) is 0 Å². The Labute approximate surface area is 67.7 Å². The molecule has 0 bridgehead atoms. The monoisotopic (exact) mass is 156 g/mol. The van der Waals surface area contributed by atoms with Crippen LogP contribution in [-0.2, 0) is 4.74 Å². The Morgan fingerprint density at radius 1 is 1.45 bits per heavy atom. The molecule has 2 aliphatic rings. The standard InChI is InChI=1S/C8H16N2O/c1-7-4-9-2-3-10(7)8-5-11-6-8/h7-9H,2-6H2,1H3/t7-/m1/s1. The highest BCUT2D eigenvalue weighted by molar-refractivity contribution is 4.85. The lowest BCUT2D eigenvalue weighted by atomic mass is 10.1. The minimum Gasteiger partial charge on any atom is -0.378 e. The van der Waals surface area contributed by atoms with Crippen LogP contribution in [0.25, 0.3) is 0 Å². The normalized spacial score (nSPS) is 35.2. The molecule has 2 rings (SSSR count). The molecule has 3 heteroatoms. The Hall–Kier alpha value is -0.120. The van der Waals surface area contributed by atoms with Gasteiger partial charge in [0.1, 0.15) is 0 Å². The molecule has 0 aromatic carbocycles. The van der Waals surface area contributed by atoms with Gasteiger partial charge in [-0.2, -0.15) is 0 Å². The van der Waals surface area contributed by atoms with Crippen molar-refractivity contribution in [3.8, 4) is 0 Å². The van der Waals surface area contributed by atoms with E-state index in [9.17, 15) is 0 Å². The number of piperazine rings is 1. The fraction of sp³-hybridized carbons (Fsp3) is 1.00. The zero-order valence-corrected chi connectivity index (χ0v) is 7.05. The summed E-state index contributed by atoms with van der Waals surface area (Å²) in [7, 11) is 0. The highest BCUT2D eigenvalue weighted by atomic mass is 16.5. The van der Waals surface area contributed by atoms with E-state index in [1.807, 2.05) is 0 Å². The van der Waals surface area contributed by atoms with Crippen LogP contribution in [-0.4, -0.2) is 49.8 Å². The van der Waals surface area contributed by atoms with Crippen molar-refractivity contribution in [3.63, 3.8) is 0 Å². The van der Waals surface area contributed by atoms with E-state index in [4.69, 9.17) is 4.74 Å². The molecule has 0 aromatic heterocycles. The zero-order valence-electron chi connectivity index (χ0n) is 7.05. The first-order valence-electron chi connectivity index (χ1n) is 4.42. The van der Waals surface area contributed by atoms with Crippen LogP contribution in [0.5, 0.6) is 0 Å². The van der Waals surface area contributed by atoms with Gasteiger partial charge in [-0.1, -0.05) is 0 Å². The van der Waals surface area contributed by atoms with Crippen molar-refractivity contribution in [1.29, 1.82) is 0 Å². The number of hydrogen-bond acceptors (Lipinski definition) is 3. The van der Waals surface area contributed by atoms with Crippen molar-refractivity contribution in [2.24, 2.45) is 0 Å². The fourth-order valence-electron chi connectivity index (χ4n) is 1.81. The smallest absolute Gasteiger partial charge is 0.0645 e. The third-order valence-corrected chi connectivity index (χ3v) is 2.64. The van der Waals surface area contributed by atoms with Gasteiger partial charge in [-0.25, -0.2) is 0 Å². The maximum atomic E-state index is 5.17. The maximum absolute atomic E-state index is 5.17. The van der Waals surface area contributed by atoms with Crippen LogP contribution in [0.4, 0.5) is 0 Å². The maximum Gasteiger partial charge on any atom is 0.0645 e. The van der Waals surface area contributed by atoms with E-state index in [1.165, 1.54) is 6.54 Å². The summed E-state index contributed by atoms with van der Waals surface area (Å²) in [5, 5.41) is 3.39. The first-order chi connectivity index (χ1) is 5.38. The molecule has 0 spiro atoms. The third kappa shape index (κ3) is 1.41. The van der Waals surface area contributed by atoms with E-state index in [0.29, 0.717) is 12.1 Å². The molecule has 0 radical (unpaired) electrons. The Bertz CT molecular complexity index is 134. The van der Waals surface area contributed by atoms with E-state index >= 15 is 0 Å². The third-order valence-electron chi connectivity index (χ3n) is 2.64. The van der Waals surface area contributed by atoms with E-state index in [0.717, 1.165) is 26.3 Å². The molecule has 0 aliphatic carbocycles. The van der Waals surface area contributed by atoms with Crippen molar-refractivity contribution in [2.75, 3.05) is 32.8 Å². The number of rotatable bonds is 1. The molecule has 0 amide bonds. The van der Waals surface area contributed by atoms with Gasteiger partial charge in [0.25, 0.3) is 0 Å². The molecule has 1 atom stereocenters. The molecule has 0 aromatic rings. The lowest BCUT2D eigenvalue weighted by Crippen LogP contribution is -2.59. The van der Waals surface area contributed by atoms with Crippen molar-refractivity contribution in [1.82, 2.24) is 10.2 Å². The largest absolute Gasteiger partial charge is 0.378 e. The van der Waals surface area contributed by atoms with E-state index in [1.54, 1.807) is 0 Å². The molecular formula is C8H16N2O. The Balaban J connectivity index is 1.88. The molecule has 11 heavy (non-hydrogen) atoms. The molecule has 2 fully saturated rings. The SMILES string of the molecule is C[C@@H]1CNCCN1C1COC1. The average molecular weight is 156 g/mol. The first kappa shape index (κ1) is 7.53. The number of nitrogens with one attached hydrogen (secondary N) is 1. The van der Waals surface area contributed by atoms with Gasteiger partial charge >= 0.3 is 0 Å². The summed E-state index contributed by atoms with van der Waals surface area (Å²) in [5.74, 6) is 0. The van der Waals surface area contributed by atoms with Gasteiger partial charge in [0, 0.05) is 25.7 Å². The van der Waals surface area contributed by atoms with E-state index < -0.39 is 0 Å². The second-order valence-corrected chi connectivity index (χ2v) is 3.48. The van der Waals surface area contributed by atoms with Crippen LogP contribution in [0, 0.1) is 0 Å². The van der Waals surface area contributed by atoms with E-state index in [2.05, 4.69) is 17.1 Å². The summed E-state index contributed by atoms with van der Waals surface area (Å²) in [4.78, 5) is 2.56. The summed E-state index contributed by atoms with van der Waals surface area (Å²) in [6, 6.07) is 1.41. The minimum atomic E-state index is 0.692. The molecule has 2 aliphatic heterocycles.